The maximum Gasteiger partial charge on any atom is 0.227 e. The van der Waals surface area contributed by atoms with Crippen LogP contribution in [0.1, 0.15) is 44.2 Å². The van der Waals surface area contributed by atoms with Crippen LogP contribution in [0.25, 0.3) is 0 Å². The van der Waals surface area contributed by atoms with E-state index in [1.54, 1.807) is 0 Å². The molecule has 1 atom stereocenters. The van der Waals surface area contributed by atoms with Gasteiger partial charge in [0.2, 0.25) is 5.91 Å². The van der Waals surface area contributed by atoms with Gasteiger partial charge in [-0.25, -0.2) is 0 Å². The van der Waals surface area contributed by atoms with Gasteiger partial charge >= 0.3 is 0 Å². The summed E-state index contributed by atoms with van der Waals surface area (Å²) in [4.78, 5) is 14.6. The third kappa shape index (κ3) is 4.85. The summed E-state index contributed by atoms with van der Waals surface area (Å²) >= 11 is 0. The zero-order valence-corrected chi connectivity index (χ0v) is 13.6. The fraction of sp³-hybridized carbons (Fsp3) is 0.611. The molecule has 0 radical (unpaired) electrons. The van der Waals surface area contributed by atoms with E-state index in [1.165, 1.54) is 24.8 Å². The minimum atomic E-state index is 0.237. The number of hydrogen-bond acceptors (Lipinski definition) is 2. The Morgan fingerprint density at radius 1 is 1.29 bits per heavy atom. The Hall–Kier alpha value is -1.35. The minimum absolute atomic E-state index is 0.237. The van der Waals surface area contributed by atoms with Crippen molar-refractivity contribution in [3.05, 3.63) is 35.4 Å². The van der Waals surface area contributed by atoms with Crippen LogP contribution in [0.4, 0.5) is 0 Å². The van der Waals surface area contributed by atoms with E-state index in [1.807, 2.05) is 4.90 Å². The largest absolute Gasteiger partial charge is 0.338 e. The van der Waals surface area contributed by atoms with Crippen LogP contribution in [0.3, 0.4) is 0 Å². The maximum atomic E-state index is 12.6. The van der Waals surface area contributed by atoms with Gasteiger partial charge in [0.25, 0.3) is 0 Å². The Bertz CT molecular complexity index is 447. The summed E-state index contributed by atoms with van der Waals surface area (Å²) in [5.41, 5.74) is 2.34. The van der Waals surface area contributed by atoms with Gasteiger partial charge in [-0.3, -0.25) is 4.79 Å². The van der Waals surface area contributed by atoms with Gasteiger partial charge in [0.15, 0.2) is 0 Å². The van der Waals surface area contributed by atoms with Crippen molar-refractivity contribution >= 4 is 5.91 Å². The summed E-state index contributed by atoms with van der Waals surface area (Å²) in [5.74, 6) is 0.237. The molecule has 116 valence electrons. The van der Waals surface area contributed by atoms with Gasteiger partial charge in [-0.05, 0) is 45.7 Å². The summed E-state index contributed by atoms with van der Waals surface area (Å²) in [6, 6.07) is 8.99. The van der Waals surface area contributed by atoms with E-state index < -0.39 is 0 Å². The van der Waals surface area contributed by atoms with Crippen molar-refractivity contribution < 1.29 is 4.79 Å². The third-order valence-electron chi connectivity index (χ3n) is 4.25. The molecule has 0 aliphatic carbocycles. The first-order valence-electron chi connectivity index (χ1n) is 8.14. The van der Waals surface area contributed by atoms with Gasteiger partial charge in [-0.1, -0.05) is 36.2 Å². The molecule has 1 heterocycles. The normalized spacial score (nSPS) is 18.8. The molecule has 1 unspecified atom stereocenters. The standard InChI is InChI=1S/C18H28N2O/c1-14(2)20(13-17-6-4-5-11-19-17)18(21)12-16-9-7-15(3)8-10-16/h7-10,14,17,19H,4-6,11-13H2,1-3H3. The van der Waals surface area contributed by atoms with Crippen LogP contribution >= 0.6 is 0 Å². The van der Waals surface area contributed by atoms with Crippen LogP contribution in [-0.4, -0.2) is 36.0 Å². The maximum absolute atomic E-state index is 12.6. The third-order valence-corrected chi connectivity index (χ3v) is 4.25. The Balaban J connectivity index is 1.96. The van der Waals surface area contributed by atoms with Crippen molar-refractivity contribution in [2.45, 2.75) is 58.5 Å². The lowest BCUT2D eigenvalue weighted by Crippen LogP contribution is -2.48. The number of nitrogens with one attached hydrogen (secondary N) is 1. The second-order valence-corrected chi connectivity index (χ2v) is 6.45. The number of nitrogens with zero attached hydrogens (tertiary/aromatic N) is 1. The predicted molar refractivity (Wildman–Crippen MR) is 87.4 cm³/mol. The van der Waals surface area contributed by atoms with Crippen LogP contribution in [0, 0.1) is 6.92 Å². The van der Waals surface area contributed by atoms with E-state index in [-0.39, 0.29) is 11.9 Å². The lowest BCUT2D eigenvalue weighted by molar-refractivity contribution is -0.132. The second-order valence-electron chi connectivity index (χ2n) is 6.45. The number of carbonyl (C=O) groups excluding carboxylic acids is 1. The highest BCUT2D eigenvalue weighted by Crippen LogP contribution is 2.13. The molecule has 3 nitrogen and oxygen atoms in total. The van der Waals surface area contributed by atoms with E-state index in [4.69, 9.17) is 0 Å². The minimum Gasteiger partial charge on any atom is -0.338 e. The first kappa shape index (κ1) is 16.0. The van der Waals surface area contributed by atoms with Gasteiger partial charge in [-0.2, -0.15) is 0 Å². The summed E-state index contributed by atoms with van der Waals surface area (Å²) < 4.78 is 0. The first-order chi connectivity index (χ1) is 10.1. The number of piperidine rings is 1. The molecule has 21 heavy (non-hydrogen) atoms. The molecule has 2 rings (SSSR count). The summed E-state index contributed by atoms with van der Waals surface area (Å²) in [6.45, 7) is 8.21. The van der Waals surface area contributed by atoms with E-state index >= 15 is 0 Å². The van der Waals surface area contributed by atoms with Crippen molar-refractivity contribution in [1.29, 1.82) is 0 Å². The summed E-state index contributed by atoms with van der Waals surface area (Å²) in [7, 11) is 0. The molecule has 3 heteroatoms. The lowest BCUT2D eigenvalue weighted by Gasteiger charge is -2.33. The molecule has 1 aliphatic rings. The first-order valence-corrected chi connectivity index (χ1v) is 8.14. The number of aryl methyl sites for hydroxylation is 1. The Labute approximate surface area is 128 Å². The van der Waals surface area contributed by atoms with Gasteiger partial charge in [-0.15, -0.1) is 0 Å². The van der Waals surface area contributed by atoms with E-state index in [0.29, 0.717) is 12.5 Å². The molecule has 1 N–H and O–H groups in total. The molecule has 1 aliphatic heterocycles. The van der Waals surface area contributed by atoms with Gasteiger partial charge in [0, 0.05) is 18.6 Å². The van der Waals surface area contributed by atoms with Crippen molar-refractivity contribution in [2.24, 2.45) is 0 Å². The number of carbonyl (C=O) groups is 1. The van der Waals surface area contributed by atoms with Gasteiger partial charge in [0.1, 0.15) is 0 Å². The van der Waals surface area contributed by atoms with Crippen molar-refractivity contribution in [1.82, 2.24) is 10.2 Å². The van der Waals surface area contributed by atoms with Crippen LogP contribution in [0.15, 0.2) is 24.3 Å². The molecule has 1 aromatic carbocycles. The molecule has 1 aromatic rings. The Morgan fingerprint density at radius 3 is 2.57 bits per heavy atom. The Kier molecular flexibility index (Phi) is 5.80. The highest BCUT2D eigenvalue weighted by Gasteiger charge is 2.22. The molecular formula is C18H28N2O. The molecule has 1 amide bonds. The second kappa shape index (κ2) is 7.60. The monoisotopic (exact) mass is 288 g/mol. The molecule has 0 bridgehead atoms. The lowest BCUT2D eigenvalue weighted by atomic mass is 10.0. The number of hydrogen-bond donors (Lipinski definition) is 1. The van der Waals surface area contributed by atoms with Crippen LogP contribution < -0.4 is 5.32 Å². The molecule has 0 spiro atoms. The van der Waals surface area contributed by atoms with Crippen molar-refractivity contribution in [2.75, 3.05) is 13.1 Å². The molecule has 0 aromatic heterocycles. The van der Waals surface area contributed by atoms with E-state index in [2.05, 4.69) is 50.4 Å². The Morgan fingerprint density at radius 2 is 2.00 bits per heavy atom. The zero-order valence-electron chi connectivity index (χ0n) is 13.6. The van der Waals surface area contributed by atoms with Crippen LogP contribution in [0.5, 0.6) is 0 Å². The summed E-state index contributed by atoms with van der Waals surface area (Å²) in [5, 5.41) is 3.54. The number of amides is 1. The van der Waals surface area contributed by atoms with E-state index in [0.717, 1.165) is 18.7 Å². The molecule has 1 fully saturated rings. The smallest absolute Gasteiger partial charge is 0.227 e. The van der Waals surface area contributed by atoms with Crippen molar-refractivity contribution in [3.63, 3.8) is 0 Å². The molecular weight excluding hydrogens is 260 g/mol. The van der Waals surface area contributed by atoms with Gasteiger partial charge < -0.3 is 10.2 Å². The van der Waals surface area contributed by atoms with E-state index in [9.17, 15) is 4.79 Å². The highest BCUT2D eigenvalue weighted by molar-refractivity contribution is 5.79. The average Bonchev–Trinajstić information content (AvgIpc) is 2.48. The molecule has 0 saturated carbocycles. The molecule has 1 saturated heterocycles. The summed E-state index contributed by atoms with van der Waals surface area (Å²) in [6.07, 6.45) is 4.22. The fourth-order valence-corrected chi connectivity index (χ4v) is 2.90. The van der Waals surface area contributed by atoms with Crippen molar-refractivity contribution in [3.8, 4) is 0 Å². The quantitative estimate of drug-likeness (QED) is 0.903. The fourth-order valence-electron chi connectivity index (χ4n) is 2.90. The average molecular weight is 288 g/mol. The SMILES string of the molecule is Cc1ccc(CC(=O)N(CC2CCCCN2)C(C)C)cc1. The van der Waals surface area contributed by atoms with Crippen LogP contribution in [0.2, 0.25) is 0 Å². The zero-order chi connectivity index (χ0) is 15.2. The predicted octanol–water partition coefficient (Wildman–Crippen LogP) is 2.92. The number of benzene rings is 1. The van der Waals surface area contributed by atoms with Gasteiger partial charge in [0.05, 0.1) is 6.42 Å². The van der Waals surface area contributed by atoms with Crippen LogP contribution in [-0.2, 0) is 11.2 Å². The highest BCUT2D eigenvalue weighted by atomic mass is 16.2. The number of rotatable bonds is 5. The topological polar surface area (TPSA) is 32.3 Å².